The Bertz CT molecular complexity index is 1060. The molecule has 2 saturated heterocycles. The first-order valence-corrected chi connectivity index (χ1v) is 11.5. The predicted molar refractivity (Wildman–Crippen MR) is 111 cm³/mol. The lowest BCUT2D eigenvalue weighted by Crippen LogP contribution is -2.44. The number of hydrogen-bond donors (Lipinski definition) is 1. The lowest BCUT2D eigenvalue weighted by Gasteiger charge is -2.34. The van der Waals surface area contributed by atoms with Crippen LogP contribution >= 0.6 is 0 Å². The van der Waals surface area contributed by atoms with Crippen molar-refractivity contribution < 1.29 is 17.9 Å². The van der Waals surface area contributed by atoms with Gasteiger partial charge < -0.3 is 5.11 Å². The van der Waals surface area contributed by atoms with E-state index in [0.717, 1.165) is 25.6 Å². The summed E-state index contributed by atoms with van der Waals surface area (Å²) in [6.45, 7) is 2.34. The normalized spacial score (nSPS) is 21.6. The Morgan fingerprint density at radius 2 is 1.73 bits per heavy atom. The Morgan fingerprint density at radius 3 is 2.37 bits per heavy atom. The van der Waals surface area contributed by atoms with Gasteiger partial charge in [-0.3, -0.25) is 4.90 Å². The first-order valence-electron chi connectivity index (χ1n) is 10.1. The molecule has 0 radical (unpaired) electrons. The van der Waals surface area contributed by atoms with Crippen LogP contribution in [-0.4, -0.2) is 61.1 Å². The Kier molecular flexibility index (Phi) is 5.89. The van der Waals surface area contributed by atoms with Crippen molar-refractivity contribution in [3.8, 4) is 17.2 Å². The molecule has 6 nitrogen and oxygen atoms in total. The second-order valence-corrected chi connectivity index (χ2v) is 9.84. The number of likely N-dealkylation sites (tertiary alicyclic amines) is 1. The van der Waals surface area contributed by atoms with Crippen LogP contribution in [0.25, 0.3) is 11.1 Å². The number of halogens is 1. The molecule has 158 valence electrons. The van der Waals surface area contributed by atoms with Crippen LogP contribution in [0.15, 0.2) is 47.4 Å². The van der Waals surface area contributed by atoms with Crippen LogP contribution in [0.1, 0.15) is 24.8 Å². The number of aliphatic hydroxyl groups excluding tert-OH is 1. The molecule has 2 aromatic rings. The molecule has 30 heavy (non-hydrogen) atoms. The molecule has 0 spiro atoms. The first-order chi connectivity index (χ1) is 14.4. The highest BCUT2D eigenvalue weighted by molar-refractivity contribution is 7.89. The van der Waals surface area contributed by atoms with Gasteiger partial charge in [-0.1, -0.05) is 18.2 Å². The third-order valence-corrected chi connectivity index (χ3v) is 7.91. The number of rotatable bonds is 4. The molecule has 2 aliphatic rings. The largest absolute Gasteiger partial charge is 0.393 e. The Balaban J connectivity index is 1.50. The van der Waals surface area contributed by atoms with Crippen LogP contribution in [0.3, 0.4) is 0 Å². The molecule has 1 unspecified atom stereocenters. The molecule has 2 fully saturated rings. The zero-order valence-corrected chi connectivity index (χ0v) is 17.4. The molecule has 0 aliphatic carbocycles. The molecule has 0 bridgehead atoms. The zero-order valence-electron chi connectivity index (χ0n) is 16.5. The quantitative estimate of drug-likeness (QED) is 0.808. The fraction of sp³-hybridized carbons (Fsp3) is 0.409. The highest BCUT2D eigenvalue weighted by Crippen LogP contribution is 2.29. The van der Waals surface area contributed by atoms with Crippen molar-refractivity contribution in [2.45, 2.75) is 36.3 Å². The van der Waals surface area contributed by atoms with E-state index in [1.807, 2.05) is 6.07 Å². The molecule has 1 N–H and O–H groups in total. The van der Waals surface area contributed by atoms with E-state index in [0.29, 0.717) is 42.6 Å². The van der Waals surface area contributed by atoms with Crippen molar-refractivity contribution in [3.63, 3.8) is 0 Å². The van der Waals surface area contributed by atoms with E-state index >= 15 is 0 Å². The average Bonchev–Trinajstić information content (AvgIpc) is 3.25. The summed E-state index contributed by atoms with van der Waals surface area (Å²) >= 11 is 0. The molecule has 2 aliphatic heterocycles. The number of nitriles is 1. The van der Waals surface area contributed by atoms with Crippen molar-refractivity contribution in [1.29, 1.82) is 5.26 Å². The van der Waals surface area contributed by atoms with Crippen LogP contribution in [0.5, 0.6) is 0 Å². The minimum absolute atomic E-state index is 0.0490. The SMILES string of the molecule is N#Cc1ccc(-c2ccc(S(=O)(=O)N3CCC(N4CCC(O)CC4)C3)cc2F)cc1. The molecule has 2 aromatic carbocycles. The van der Waals surface area contributed by atoms with E-state index in [1.54, 1.807) is 24.3 Å². The Morgan fingerprint density at radius 1 is 1.03 bits per heavy atom. The fourth-order valence-electron chi connectivity index (χ4n) is 4.24. The van der Waals surface area contributed by atoms with Gasteiger partial charge in [0.15, 0.2) is 0 Å². The van der Waals surface area contributed by atoms with Crippen molar-refractivity contribution >= 4 is 10.0 Å². The number of aliphatic hydroxyl groups is 1. The lowest BCUT2D eigenvalue weighted by atomic mass is 10.0. The van der Waals surface area contributed by atoms with Crippen LogP contribution in [0, 0.1) is 17.1 Å². The summed E-state index contributed by atoms with van der Waals surface area (Å²) in [6, 6.07) is 12.6. The summed E-state index contributed by atoms with van der Waals surface area (Å²) in [6.07, 6.45) is 1.90. The first kappa shape index (κ1) is 20.9. The van der Waals surface area contributed by atoms with Crippen molar-refractivity contribution in [1.82, 2.24) is 9.21 Å². The maximum atomic E-state index is 14.8. The highest BCUT2D eigenvalue weighted by atomic mass is 32.2. The van der Waals surface area contributed by atoms with Gasteiger partial charge in [0, 0.05) is 37.8 Å². The average molecular weight is 430 g/mol. The van der Waals surface area contributed by atoms with E-state index in [2.05, 4.69) is 4.90 Å². The topological polar surface area (TPSA) is 84.6 Å². The molecule has 0 saturated carbocycles. The summed E-state index contributed by atoms with van der Waals surface area (Å²) < 4.78 is 42.3. The van der Waals surface area contributed by atoms with E-state index in [9.17, 15) is 17.9 Å². The van der Waals surface area contributed by atoms with Gasteiger partial charge >= 0.3 is 0 Å². The van der Waals surface area contributed by atoms with Gasteiger partial charge in [-0.25, -0.2) is 12.8 Å². The third-order valence-electron chi connectivity index (χ3n) is 6.04. The van der Waals surface area contributed by atoms with E-state index in [4.69, 9.17) is 5.26 Å². The van der Waals surface area contributed by atoms with Gasteiger partial charge in [0.1, 0.15) is 5.82 Å². The van der Waals surface area contributed by atoms with E-state index < -0.39 is 15.8 Å². The second kappa shape index (κ2) is 8.44. The number of piperidine rings is 1. The third kappa shape index (κ3) is 4.12. The summed E-state index contributed by atoms with van der Waals surface area (Å²) in [7, 11) is -3.78. The molecule has 0 aromatic heterocycles. The van der Waals surface area contributed by atoms with Gasteiger partial charge in [0.25, 0.3) is 0 Å². The Hall–Kier alpha value is -2.31. The van der Waals surface area contributed by atoms with Gasteiger partial charge in [-0.05, 0) is 49.1 Å². The summed E-state index contributed by atoms with van der Waals surface area (Å²) in [5, 5.41) is 18.6. The van der Waals surface area contributed by atoms with Crippen molar-refractivity contribution in [2.24, 2.45) is 0 Å². The molecule has 8 heteroatoms. The lowest BCUT2D eigenvalue weighted by molar-refractivity contribution is 0.0638. The summed E-state index contributed by atoms with van der Waals surface area (Å²) in [5.74, 6) is -0.610. The summed E-state index contributed by atoms with van der Waals surface area (Å²) in [5.41, 5.74) is 1.36. The zero-order chi connectivity index (χ0) is 21.3. The van der Waals surface area contributed by atoms with Crippen LogP contribution in [0.2, 0.25) is 0 Å². The van der Waals surface area contributed by atoms with Crippen molar-refractivity contribution in [2.75, 3.05) is 26.2 Å². The molecular weight excluding hydrogens is 405 g/mol. The van der Waals surface area contributed by atoms with E-state index in [1.165, 1.54) is 16.4 Å². The predicted octanol–water partition coefficient (Wildman–Crippen LogP) is 2.58. The summed E-state index contributed by atoms with van der Waals surface area (Å²) in [4.78, 5) is 2.20. The number of hydrogen-bond acceptors (Lipinski definition) is 5. The Labute approximate surface area is 176 Å². The highest BCUT2D eigenvalue weighted by Gasteiger charge is 2.36. The van der Waals surface area contributed by atoms with Gasteiger partial charge in [0.05, 0.1) is 22.6 Å². The van der Waals surface area contributed by atoms with Crippen molar-refractivity contribution in [3.05, 3.63) is 53.8 Å². The molecule has 4 rings (SSSR count). The standard InChI is InChI=1S/C22H24FN3O3S/c23-22-13-20(5-6-21(22)17-3-1-16(14-24)2-4-17)30(28,29)26-12-7-18(15-26)25-10-8-19(27)9-11-25/h1-6,13,18-19,27H,7-12,15H2. The number of sulfonamides is 1. The smallest absolute Gasteiger partial charge is 0.243 e. The second-order valence-electron chi connectivity index (χ2n) is 7.90. The van der Waals surface area contributed by atoms with Gasteiger partial charge in [-0.2, -0.15) is 9.57 Å². The monoisotopic (exact) mass is 429 g/mol. The number of nitrogens with zero attached hydrogens (tertiary/aromatic N) is 3. The fourth-order valence-corrected chi connectivity index (χ4v) is 5.75. The maximum Gasteiger partial charge on any atom is 0.243 e. The molecule has 0 amide bonds. The van der Waals surface area contributed by atoms with Crippen LogP contribution in [0.4, 0.5) is 4.39 Å². The van der Waals surface area contributed by atoms with Crippen LogP contribution in [-0.2, 0) is 10.0 Å². The van der Waals surface area contributed by atoms with Gasteiger partial charge in [0.2, 0.25) is 10.0 Å². The van der Waals surface area contributed by atoms with Crippen LogP contribution < -0.4 is 0 Å². The van der Waals surface area contributed by atoms with E-state index in [-0.39, 0.29) is 17.0 Å². The minimum atomic E-state index is -3.78. The maximum absolute atomic E-state index is 14.8. The number of benzene rings is 2. The minimum Gasteiger partial charge on any atom is -0.393 e. The van der Waals surface area contributed by atoms with Gasteiger partial charge in [-0.15, -0.1) is 0 Å². The molecular formula is C22H24FN3O3S. The molecule has 2 heterocycles. The molecule has 1 atom stereocenters.